The lowest BCUT2D eigenvalue weighted by Crippen LogP contribution is -2.29. The number of phosphoric acid groups is 1. The maximum Gasteiger partial charge on any atom is 0.469 e. The van der Waals surface area contributed by atoms with Crippen LogP contribution in [0.5, 0.6) is 0 Å². The largest absolute Gasteiger partial charge is 0.469 e. The zero-order chi connectivity index (χ0) is 34.0. The first-order valence-corrected chi connectivity index (χ1v) is 20.2. The van der Waals surface area contributed by atoms with Crippen molar-refractivity contribution in [3.05, 3.63) is 24.3 Å². The molecule has 0 unspecified atom stereocenters. The first-order chi connectivity index (χ1) is 22.3. The van der Waals surface area contributed by atoms with Gasteiger partial charge < -0.3 is 19.3 Å². The normalized spacial score (nSPS) is 12.7. The van der Waals surface area contributed by atoms with E-state index in [4.69, 9.17) is 19.3 Å². The molecule has 0 spiro atoms. The van der Waals surface area contributed by atoms with Crippen LogP contribution in [0.25, 0.3) is 0 Å². The molecule has 9 heteroatoms. The van der Waals surface area contributed by atoms with Crippen molar-refractivity contribution in [3.8, 4) is 0 Å². The molecule has 46 heavy (non-hydrogen) atoms. The minimum absolute atomic E-state index is 0.207. The minimum atomic E-state index is -4.75. The van der Waals surface area contributed by atoms with Crippen molar-refractivity contribution in [3.63, 3.8) is 0 Å². The molecule has 8 nitrogen and oxygen atoms in total. The highest BCUT2D eigenvalue weighted by Crippen LogP contribution is 2.36. The Bertz CT molecular complexity index is 807. The van der Waals surface area contributed by atoms with Gasteiger partial charge in [-0.2, -0.15) is 0 Å². The van der Waals surface area contributed by atoms with Crippen LogP contribution >= 0.6 is 7.82 Å². The molecule has 0 aromatic carbocycles. The number of rotatable bonds is 34. The fourth-order valence-corrected chi connectivity index (χ4v) is 5.47. The van der Waals surface area contributed by atoms with Crippen LogP contribution in [-0.4, -0.2) is 41.0 Å². The third-order valence-electron chi connectivity index (χ3n) is 7.94. The average molecular weight is 673 g/mol. The van der Waals surface area contributed by atoms with Gasteiger partial charge in [-0.1, -0.05) is 134 Å². The Morgan fingerprint density at radius 1 is 0.543 bits per heavy atom. The summed E-state index contributed by atoms with van der Waals surface area (Å²) in [4.78, 5) is 42.6. The Hall–Kier alpha value is -1.47. The summed E-state index contributed by atoms with van der Waals surface area (Å²) in [5.41, 5.74) is 0. The number of ether oxygens (including phenoxy) is 2. The second-order valence-corrected chi connectivity index (χ2v) is 13.8. The Morgan fingerprint density at radius 3 is 1.39 bits per heavy atom. The maximum absolute atomic E-state index is 12.3. The molecule has 0 saturated heterocycles. The number of unbranched alkanes of at least 4 members (excludes halogenated alkanes) is 20. The van der Waals surface area contributed by atoms with E-state index in [9.17, 15) is 14.2 Å². The van der Waals surface area contributed by atoms with Crippen molar-refractivity contribution in [1.29, 1.82) is 0 Å². The highest BCUT2D eigenvalue weighted by atomic mass is 31.2. The van der Waals surface area contributed by atoms with Crippen LogP contribution in [0, 0.1) is 0 Å². The van der Waals surface area contributed by atoms with Gasteiger partial charge in [0.15, 0.2) is 6.10 Å². The molecule has 0 fully saturated rings. The molecule has 0 rings (SSSR count). The number of carbonyl (C=O) groups excluding carboxylic acids is 2. The van der Waals surface area contributed by atoms with Crippen LogP contribution in [0.1, 0.15) is 181 Å². The van der Waals surface area contributed by atoms with Crippen LogP contribution in [0.4, 0.5) is 0 Å². The summed E-state index contributed by atoms with van der Waals surface area (Å²) >= 11 is 0. The Labute approximate surface area is 281 Å². The molecular formula is C37H69O8P. The van der Waals surface area contributed by atoms with Gasteiger partial charge >= 0.3 is 19.8 Å². The van der Waals surface area contributed by atoms with E-state index < -0.39 is 32.5 Å². The van der Waals surface area contributed by atoms with Gasteiger partial charge in [-0.15, -0.1) is 0 Å². The van der Waals surface area contributed by atoms with Crippen LogP contribution in [0.15, 0.2) is 24.3 Å². The highest BCUT2D eigenvalue weighted by molar-refractivity contribution is 7.46. The van der Waals surface area contributed by atoms with Crippen molar-refractivity contribution in [2.24, 2.45) is 0 Å². The molecule has 0 bridgehead atoms. The van der Waals surface area contributed by atoms with Crippen molar-refractivity contribution < 1.29 is 37.9 Å². The summed E-state index contributed by atoms with van der Waals surface area (Å²) in [5, 5.41) is 0. The lowest BCUT2D eigenvalue weighted by molar-refractivity contribution is -0.161. The molecule has 0 aliphatic rings. The van der Waals surface area contributed by atoms with Crippen LogP contribution in [0.2, 0.25) is 0 Å². The predicted octanol–water partition coefficient (Wildman–Crippen LogP) is 10.8. The Morgan fingerprint density at radius 2 is 0.935 bits per heavy atom. The smallest absolute Gasteiger partial charge is 0.462 e. The molecule has 2 N–H and O–H groups in total. The fourth-order valence-electron chi connectivity index (χ4n) is 5.11. The van der Waals surface area contributed by atoms with Crippen molar-refractivity contribution in [2.45, 2.75) is 187 Å². The summed E-state index contributed by atoms with van der Waals surface area (Å²) in [6.45, 7) is 3.62. The monoisotopic (exact) mass is 672 g/mol. The van der Waals surface area contributed by atoms with Gasteiger partial charge in [0, 0.05) is 12.8 Å². The van der Waals surface area contributed by atoms with E-state index in [0.717, 1.165) is 64.2 Å². The van der Waals surface area contributed by atoms with E-state index in [1.54, 1.807) is 0 Å². The summed E-state index contributed by atoms with van der Waals surface area (Å²) in [6.07, 6.45) is 36.1. The second kappa shape index (κ2) is 33.4. The van der Waals surface area contributed by atoms with E-state index in [0.29, 0.717) is 12.8 Å². The third kappa shape index (κ3) is 35.4. The van der Waals surface area contributed by atoms with E-state index in [1.165, 1.54) is 77.0 Å². The molecule has 0 aliphatic heterocycles. The molecule has 0 aromatic heterocycles. The first-order valence-electron chi connectivity index (χ1n) is 18.6. The van der Waals surface area contributed by atoms with E-state index in [2.05, 4.69) is 42.7 Å². The predicted molar refractivity (Wildman–Crippen MR) is 189 cm³/mol. The van der Waals surface area contributed by atoms with Crippen LogP contribution < -0.4 is 0 Å². The number of phosphoric ester groups is 1. The molecule has 0 saturated carbocycles. The zero-order valence-corrected chi connectivity index (χ0v) is 30.4. The van der Waals surface area contributed by atoms with Gasteiger partial charge in [0.25, 0.3) is 0 Å². The van der Waals surface area contributed by atoms with Crippen LogP contribution in [0.3, 0.4) is 0 Å². The van der Waals surface area contributed by atoms with Crippen molar-refractivity contribution in [2.75, 3.05) is 13.2 Å². The number of hydrogen-bond donors (Lipinski definition) is 2. The molecule has 1 atom stereocenters. The quantitative estimate of drug-likeness (QED) is 0.0300. The SMILES string of the molecule is CCCC/C=C/CCCCCCCC(=O)OC[C@H](COP(=O)(O)O)OC(=O)CCCCCCCCC/C=C/CCCCCCCC. The fraction of sp³-hybridized carbons (Fsp3) is 0.838. The number of hydrogen-bond acceptors (Lipinski definition) is 6. The third-order valence-corrected chi connectivity index (χ3v) is 8.43. The molecular weight excluding hydrogens is 603 g/mol. The lowest BCUT2D eigenvalue weighted by atomic mass is 10.1. The van der Waals surface area contributed by atoms with Gasteiger partial charge in [-0.25, -0.2) is 4.57 Å². The minimum Gasteiger partial charge on any atom is -0.462 e. The summed E-state index contributed by atoms with van der Waals surface area (Å²) < 4.78 is 26.3. The van der Waals surface area contributed by atoms with Crippen molar-refractivity contribution >= 4 is 19.8 Å². The van der Waals surface area contributed by atoms with E-state index >= 15 is 0 Å². The van der Waals surface area contributed by atoms with Gasteiger partial charge in [-0.05, 0) is 57.8 Å². The number of esters is 2. The molecule has 0 aliphatic carbocycles. The Kier molecular flexibility index (Phi) is 32.4. The van der Waals surface area contributed by atoms with Crippen LogP contribution in [-0.2, 0) is 28.2 Å². The molecule has 0 amide bonds. The summed E-state index contributed by atoms with van der Waals surface area (Å²) in [6, 6.07) is 0. The molecule has 0 heterocycles. The standard InChI is InChI=1S/C37H69O8P/c1-3-5-7-9-11-13-15-16-17-18-19-20-22-24-26-28-30-32-37(39)45-35(34-44-46(40,41)42)33-43-36(38)31-29-27-25-23-21-14-12-10-8-6-4-2/h10,12,16-17,35H,3-9,11,13-15,18-34H2,1-2H3,(H2,40,41,42)/b12-10+,17-16+/t35-/m1/s1. The zero-order valence-electron chi connectivity index (χ0n) is 29.5. The lowest BCUT2D eigenvalue weighted by Gasteiger charge is -2.18. The number of carbonyl (C=O) groups is 2. The maximum atomic E-state index is 12.3. The average Bonchev–Trinajstić information content (AvgIpc) is 3.02. The van der Waals surface area contributed by atoms with E-state index in [-0.39, 0.29) is 19.4 Å². The van der Waals surface area contributed by atoms with Crippen molar-refractivity contribution in [1.82, 2.24) is 0 Å². The van der Waals surface area contributed by atoms with Gasteiger partial charge in [0.1, 0.15) is 6.61 Å². The summed E-state index contributed by atoms with van der Waals surface area (Å²) in [5.74, 6) is -0.899. The molecule has 270 valence electrons. The van der Waals surface area contributed by atoms with Gasteiger partial charge in [-0.3, -0.25) is 14.1 Å². The summed E-state index contributed by atoms with van der Waals surface area (Å²) in [7, 11) is -4.75. The van der Waals surface area contributed by atoms with Gasteiger partial charge in [0.2, 0.25) is 0 Å². The molecule has 0 radical (unpaired) electrons. The highest BCUT2D eigenvalue weighted by Gasteiger charge is 2.22. The first kappa shape index (κ1) is 44.5. The Balaban J connectivity index is 3.96. The molecule has 0 aromatic rings. The van der Waals surface area contributed by atoms with Gasteiger partial charge in [0.05, 0.1) is 6.61 Å². The second-order valence-electron chi connectivity index (χ2n) is 12.5. The topological polar surface area (TPSA) is 119 Å². The number of allylic oxidation sites excluding steroid dienone is 4. The van der Waals surface area contributed by atoms with E-state index in [1.807, 2.05) is 0 Å².